The summed E-state index contributed by atoms with van der Waals surface area (Å²) in [5.41, 5.74) is 0. The van der Waals surface area contributed by atoms with Crippen LogP contribution in [0.5, 0.6) is 0 Å². The van der Waals surface area contributed by atoms with Crippen LogP contribution in [0.3, 0.4) is 0 Å². The highest BCUT2D eigenvalue weighted by Gasteiger charge is 2.26. The molecule has 3 rings (SSSR count). The molecule has 1 fully saturated rings. The van der Waals surface area contributed by atoms with Gasteiger partial charge in [-0.1, -0.05) is 0 Å². The Hall–Kier alpha value is -1.92. The lowest BCUT2D eigenvalue weighted by atomic mass is 10.2. The number of nitrogens with zero attached hydrogens (tertiary/aromatic N) is 1. The number of hydrogen-bond acceptors (Lipinski definition) is 5. The van der Waals surface area contributed by atoms with Crippen molar-refractivity contribution in [2.45, 2.75) is 25.8 Å². The fraction of sp³-hybridized carbons (Fsp3) is 0.412. The second kappa shape index (κ2) is 7.10. The summed E-state index contributed by atoms with van der Waals surface area (Å²) in [7, 11) is 0. The first kappa shape index (κ1) is 16.0. The van der Waals surface area contributed by atoms with Crippen molar-refractivity contribution < 1.29 is 14.0 Å². The van der Waals surface area contributed by atoms with Gasteiger partial charge in [-0.05, 0) is 57.1 Å². The van der Waals surface area contributed by atoms with E-state index in [1.807, 2.05) is 12.1 Å². The lowest BCUT2D eigenvalue weighted by molar-refractivity contribution is 0.0937. The number of rotatable bonds is 6. The van der Waals surface area contributed by atoms with Crippen LogP contribution < -0.4 is 5.32 Å². The molecule has 3 heterocycles. The number of Topliss-reactive ketones (excluding diaryl/α,β-unsaturated/α-hetero) is 1. The second-order valence-corrected chi connectivity index (χ2v) is 6.79. The number of carbonyl (C=O) groups is 2. The zero-order chi connectivity index (χ0) is 16.2. The van der Waals surface area contributed by atoms with Gasteiger partial charge < -0.3 is 9.73 Å². The van der Waals surface area contributed by atoms with E-state index in [0.717, 1.165) is 18.8 Å². The van der Waals surface area contributed by atoms with Gasteiger partial charge in [0, 0.05) is 6.54 Å². The second-order valence-electron chi connectivity index (χ2n) is 5.70. The molecule has 6 heteroatoms. The highest BCUT2D eigenvalue weighted by atomic mass is 32.1. The molecule has 1 aliphatic rings. The average Bonchev–Trinajstić information content (AvgIpc) is 3.29. The van der Waals surface area contributed by atoms with Crippen LogP contribution in [0.15, 0.2) is 34.9 Å². The maximum absolute atomic E-state index is 12.3. The molecule has 1 amide bonds. The number of hydrogen-bond donors (Lipinski definition) is 1. The van der Waals surface area contributed by atoms with Gasteiger partial charge in [0.2, 0.25) is 0 Å². The lowest BCUT2D eigenvalue weighted by Crippen LogP contribution is -2.36. The van der Waals surface area contributed by atoms with E-state index in [2.05, 4.69) is 10.2 Å². The third-order valence-corrected chi connectivity index (χ3v) is 5.27. The van der Waals surface area contributed by atoms with Crippen molar-refractivity contribution in [2.75, 3.05) is 19.6 Å². The van der Waals surface area contributed by atoms with Gasteiger partial charge in [0.1, 0.15) is 5.76 Å². The van der Waals surface area contributed by atoms with Crippen LogP contribution in [0.25, 0.3) is 0 Å². The SMILES string of the molecule is CC(=O)c1ccc(C(=O)NCC(c2ccco2)N2CCCC2)s1. The predicted molar refractivity (Wildman–Crippen MR) is 88.9 cm³/mol. The van der Waals surface area contributed by atoms with Crippen LogP contribution in [-0.4, -0.2) is 36.2 Å². The van der Waals surface area contributed by atoms with E-state index in [9.17, 15) is 9.59 Å². The number of likely N-dealkylation sites (tertiary alicyclic amines) is 1. The Bertz CT molecular complexity index is 672. The van der Waals surface area contributed by atoms with Crippen LogP contribution in [0, 0.1) is 0 Å². The van der Waals surface area contributed by atoms with Crippen LogP contribution >= 0.6 is 11.3 Å². The highest BCUT2D eigenvalue weighted by molar-refractivity contribution is 7.15. The molecule has 1 atom stereocenters. The molecule has 1 unspecified atom stereocenters. The molecule has 0 aliphatic carbocycles. The van der Waals surface area contributed by atoms with E-state index < -0.39 is 0 Å². The van der Waals surface area contributed by atoms with Gasteiger partial charge in [-0.15, -0.1) is 11.3 Å². The first-order valence-corrected chi connectivity index (χ1v) is 8.63. The molecular formula is C17H20N2O3S. The monoisotopic (exact) mass is 332 g/mol. The molecule has 2 aromatic rings. The van der Waals surface area contributed by atoms with Crippen LogP contribution in [-0.2, 0) is 0 Å². The smallest absolute Gasteiger partial charge is 0.261 e. The van der Waals surface area contributed by atoms with Gasteiger partial charge >= 0.3 is 0 Å². The molecule has 122 valence electrons. The molecule has 1 aliphatic heterocycles. The van der Waals surface area contributed by atoms with E-state index in [1.54, 1.807) is 18.4 Å². The fourth-order valence-electron chi connectivity index (χ4n) is 2.87. The number of furan rings is 1. The van der Waals surface area contributed by atoms with Gasteiger partial charge in [-0.3, -0.25) is 14.5 Å². The van der Waals surface area contributed by atoms with Crippen LogP contribution in [0.2, 0.25) is 0 Å². The fourth-order valence-corrected chi connectivity index (χ4v) is 3.69. The Morgan fingerprint density at radius 3 is 2.61 bits per heavy atom. The van der Waals surface area contributed by atoms with Gasteiger partial charge in [-0.2, -0.15) is 0 Å². The van der Waals surface area contributed by atoms with Crippen molar-refractivity contribution in [3.8, 4) is 0 Å². The summed E-state index contributed by atoms with van der Waals surface area (Å²) in [6, 6.07) is 7.29. The molecule has 0 radical (unpaired) electrons. The van der Waals surface area contributed by atoms with Crippen molar-refractivity contribution in [3.05, 3.63) is 46.0 Å². The number of carbonyl (C=O) groups excluding carboxylic acids is 2. The lowest BCUT2D eigenvalue weighted by Gasteiger charge is -2.25. The maximum atomic E-state index is 12.3. The Kier molecular flexibility index (Phi) is 4.93. The normalized spacial score (nSPS) is 16.4. The third kappa shape index (κ3) is 3.71. The topological polar surface area (TPSA) is 62.6 Å². The zero-order valence-electron chi connectivity index (χ0n) is 13.1. The van der Waals surface area contributed by atoms with Crippen molar-refractivity contribution in [3.63, 3.8) is 0 Å². The van der Waals surface area contributed by atoms with Gasteiger partial charge in [0.05, 0.1) is 22.1 Å². The minimum absolute atomic E-state index is 0.0143. The number of thiophene rings is 1. The summed E-state index contributed by atoms with van der Waals surface area (Å²) < 4.78 is 5.55. The van der Waals surface area contributed by atoms with Gasteiger partial charge in [-0.25, -0.2) is 0 Å². The molecule has 2 aromatic heterocycles. The number of amides is 1. The maximum Gasteiger partial charge on any atom is 0.261 e. The molecule has 5 nitrogen and oxygen atoms in total. The average molecular weight is 332 g/mol. The summed E-state index contributed by atoms with van der Waals surface area (Å²) in [5, 5.41) is 2.97. The van der Waals surface area contributed by atoms with Crippen LogP contribution in [0.1, 0.15) is 50.9 Å². The van der Waals surface area contributed by atoms with Crippen molar-refractivity contribution >= 4 is 23.0 Å². The predicted octanol–water partition coefficient (Wildman–Crippen LogP) is 3.11. The molecule has 0 saturated carbocycles. The molecule has 0 aromatic carbocycles. The summed E-state index contributed by atoms with van der Waals surface area (Å²) in [6.07, 6.45) is 4.02. The number of nitrogens with one attached hydrogen (secondary N) is 1. The Morgan fingerprint density at radius 1 is 1.26 bits per heavy atom. The first-order valence-electron chi connectivity index (χ1n) is 7.81. The van der Waals surface area contributed by atoms with E-state index in [0.29, 0.717) is 16.3 Å². The minimum Gasteiger partial charge on any atom is -0.468 e. The quantitative estimate of drug-likeness (QED) is 0.826. The van der Waals surface area contributed by atoms with Crippen LogP contribution in [0.4, 0.5) is 0 Å². The summed E-state index contributed by atoms with van der Waals surface area (Å²) in [5.74, 6) is 0.723. The Morgan fingerprint density at radius 2 is 2.00 bits per heavy atom. The minimum atomic E-state index is -0.141. The molecule has 0 spiro atoms. The molecular weight excluding hydrogens is 312 g/mol. The largest absolute Gasteiger partial charge is 0.468 e. The summed E-state index contributed by atoms with van der Waals surface area (Å²) >= 11 is 1.23. The van der Waals surface area contributed by atoms with Crippen molar-refractivity contribution in [2.24, 2.45) is 0 Å². The zero-order valence-corrected chi connectivity index (χ0v) is 13.9. The molecule has 23 heavy (non-hydrogen) atoms. The highest BCUT2D eigenvalue weighted by Crippen LogP contribution is 2.25. The molecule has 0 bridgehead atoms. The van der Waals surface area contributed by atoms with E-state index >= 15 is 0 Å². The third-order valence-electron chi connectivity index (χ3n) is 4.09. The molecule has 1 N–H and O–H groups in total. The summed E-state index contributed by atoms with van der Waals surface area (Å²) in [4.78, 5) is 27.2. The van der Waals surface area contributed by atoms with Crippen molar-refractivity contribution in [1.29, 1.82) is 0 Å². The Balaban J connectivity index is 1.65. The summed E-state index contributed by atoms with van der Waals surface area (Å²) in [6.45, 7) is 4.05. The van der Waals surface area contributed by atoms with E-state index in [-0.39, 0.29) is 17.7 Å². The Labute approximate surface area is 139 Å². The van der Waals surface area contributed by atoms with E-state index in [4.69, 9.17) is 4.42 Å². The van der Waals surface area contributed by atoms with E-state index in [1.165, 1.54) is 31.1 Å². The number of ketones is 1. The van der Waals surface area contributed by atoms with Gasteiger partial charge in [0.25, 0.3) is 5.91 Å². The molecule has 1 saturated heterocycles. The van der Waals surface area contributed by atoms with Gasteiger partial charge in [0.15, 0.2) is 5.78 Å². The first-order chi connectivity index (χ1) is 11.1. The van der Waals surface area contributed by atoms with Crippen molar-refractivity contribution in [1.82, 2.24) is 10.2 Å². The standard InChI is InChI=1S/C17H20N2O3S/c1-12(20)15-6-7-16(23-15)17(21)18-11-13(14-5-4-10-22-14)19-8-2-3-9-19/h4-7,10,13H,2-3,8-9,11H2,1H3,(H,18,21).